The zero-order valence-electron chi connectivity index (χ0n) is 3.55. The highest BCUT2D eigenvalue weighted by molar-refractivity contribution is 7.09. The Labute approximate surface area is 39.2 Å². The van der Waals surface area contributed by atoms with Crippen molar-refractivity contribution in [2.75, 3.05) is 0 Å². The highest BCUT2D eigenvalue weighted by Crippen LogP contribution is 1.90. The first kappa shape index (κ1) is 6.06. The van der Waals surface area contributed by atoms with E-state index >= 15 is 0 Å². The molecule has 0 saturated heterocycles. The van der Waals surface area contributed by atoms with E-state index in [4.69, 9.17) is 0 Å². The van der Waals surface area contributed by atoms with Gasteiger partial charge in [0.2, 0.25) is 0 Å². The first-order chi connectivity index (χ1) is 2.81. The molecule has 0 aromatic heterocycles. The Balaban J connectivity index is 2.96. The van der Waals surface area contributed by atoms with Gasteiger partial charge in [0.25, 0.3) is 0 Å². The summed E-state index contributed by atoms with van der Waals surface area (Å²) in [6.45, 7) is 1.67. The maximum absolute atomic E-state index is 9.60. The van der Waals surface area contributed by atoms with E-state index in [1.165, 1.54) is 0 Å². The van der Waals surface area contributed by atoms with Crippen molar-refractivity contribution in [1.29, 1.82) is 0 Å². The fourth-order valence-electron chi connectivity index (χ4n) is 0.0321. The van der Waals surface area contributed by atoms with Gasteiger partial charge >= 0.3 is 0 Å². The van der Waals surface area contributed by atoms with Crippen molar-refractivity contribution in [2.24, 2.45) is 0 Å². The van der Waals surface area contributed by atoms with Crippen LogP contribution < -0.4 is 0 Å². The van der Waals surface area contributed by atoms with E-state index in [1.54, 1.807) is 6.92 Å². The molecule has 0 spiro atoms. The highest BCUT2D eigenvalue weighted by atomic mass is 31.0. The normalized spacial score (nSPS) is 13.7. The molecule has 0 rings (SSSR count). The lowest BCUT2D eigenvalue weighted by molar-refractivity contribution is -0.112. The van der Waals surface area contributed by atoms with Gasteiger partial charge in [-0.3, -0.25) is 0 Å². The van der Waals surface area contributed by atoms with Crippen molar-refractivity contribution in [2.45, 2.75) is 13.0 Å². The average Bonchev–Trinajstić information content (AvgIpc) is 1.65. The summed E-state index contributed by atoms with van der Waals surface area (Å²) < 4.78 is 4.45. The average molecular weight is 106 g/mol. The quantitative estimate of drug-likeness (QED) is 0.375. The van der Waals surface area contributed by atoms with Crippen molar-refractivity contribution in [1.82, 2.24) is 0 Å². The monoisotopic (exact) mass is 106 g/mol. The Morgan fingerprint density at radius 1 is 2.00 bits per heavy atom. The molecule has 6 heavy (non-hydrogen) atoms. The smallest absolute Gasteiger partial charge is 0.148 e. The molecular formula is C3H7O2P. The zero-order chi connectivity index (χ0) is 4.99. The van der Waals surface area contributed by atoms with Crippen molar-refractivity contribution in [3.05, 3.63) is 0 Å². The molecule has 2 atom stereocenters. The van der Waals surface area contributed by atoms with Gasteiger partial charge < -0.3 is 9.32 Å². The molecule has 0 N–H and O–H groups in total. The van der Waals surface area contributed by atoms with Gasteiger partial charge in [0.1, 0.15) is 12.4 Å². The fourth-order valence-corrected chi connectivity index (χ4v) is 0.0962. The van der Waals surface area contributed by atoms with Crippen LogP contribution in [0.5, 0.6) is 0 Å². The van der Waals surface area contributed by atoms with Crippen molar-refractivity contribution < 1.29 is 9.32 Å². The number of aldehydes is 1. The Hall–Kier alpha value is 0.0600. The lowest BCUT2D eigenvalue weighted by Gasteiger charge is -1.93. The molecule has 36 valence electrons. The second-order valence-corrected chi connectivity index (χ2v) is 1.25. The minimum Gasteiger partial charge on any atom is -0.355 e. The molecule has 0 radical (unpaired) electrons. The van der Waals surface area contributed by atoms with Crippen molar-refractivity contribution >= 4 is 15.8 Å². The standard InChI is InChI=1S/C3H7O2P/c1-3(2-4)5-6/h2-3H,6H2,1H3. The van der Waals surface area contributed by atoms with Gasteiger partial charge in [-0.25, -0.2) is 0 Å². The van der Waals surface area contributed by atoms with E-state index in [-0.39, 0.29) is 6.10 Å². The molecule has 0 heterocycles. The molecule has 0 aromatic carbocycles. The van der Waals surface area contributed by atoms with E-state index in [2.05, 4.69) is 4.52 Å². The molecule has 0 saturated carbocycles. The number of rotatable bonds is 2. The summed E-state index contributed by atoms with van der Waals surface area (Å²) in [6, 6.07) is 0. The molecule has 0 amide bonds. The molecule has 2 unspecified atom stereocenters. The summed E-state index contributed by atoms with van der Waals surface area (Å²) in [4.78, 5) is 9.60. The lowest BCUT2D eigenvalue weighted by Crippen LogP contribution is -2.00. The molecular weight excluding hydrogens is 99.0 g/mol. The predicted molar refractivity (Wildman–Crippen MR) is 26.3 cm³/mol. The summed E-state index contributed by atoms with van der Waals surface area (Å²) in [5.41, 5.74) is 0. The molecule has 0 aliphatic heterocycles. The third-order valence-corrected chi connectivity index (χ3v) is 0.836. The summed E-state index contributed by atoms with van der Waals surface area (Å²) >= 11 is 0. The first-order valence-electron chi connectivity index (χ1n) is 1.62. The highest BCUT2D eigenvalue weighted by Gasteiger charge is 1.89. The van der Waals surface area contributed by atoms with Crippen LogP contribution in [0.25, 0.3) is 0 Å². The largest absolute Gasteiger partial charge is 0.355 e. The van der Waals surface area contributed by atoms with Gasteiger partial charge in [0.15, 0.2) is 0 Å². The third-order valence-electron chi connectivity index (χ3n) is 0.406. The number of hydrogen-bond donors (Lipinski definition) is 0. The van der Waals surface area contributed by atoms with Gasteiger partial charge in [-0.2, -0.15) is 0 Å². The Morgan fingerprint density at radius 3 is 2.50 bits per heavy atom. The summed E-state index contributed by atoms with van der Waals surface area (Å²) in [7, 11) is 2.01. The van der Waals surface area contributed by atoms with Crippen LogP contribution >= 0.6 is 9.47 Å². The van der Waals surface area contributed by atoms with E-state index < -0.39 is 0 Å². The van der Waals surface area contributed by atoms with Crippen LogP contribution in [0.15, 0.2) is 0 Å². The second kappa shape index (κ2) is 3.26. The van der Waals surface area contributed by atoms with Crippen molar-refractivity contribution in [3.63, 3.8) is 0 Å². The second-order valence-electron chi connectivity index (χ2n) is 0.977. The van der Waals surface area contributed by atoms with Crippen molar-refractivity contribution in [3.8, 4) is 0 Å². The summed E-state index contributed by atoms with van der Waals surface area (Å²) in [5, 5.41) is 0. The summed E-state index contributed by atoms with van der Waals surface area (Å²) in [6.07, 6.45) is 0.447. The fraction of sp³-hybridized carbons (Fsp3) is 0.667. The minimum atomic E-state index is -0.282. The molecule has 2 nitrogen and oxygen atoms in total. The number of carbonyl (C=O) groups is 1. The molecule has 3 heteroatoms. The van der Waals surface area contributed by atoms with Crippen LogP contribution in [-0.4, -0.2) is 12.4 Å². The topological polar surface area (TPSA) is 26.3 Å². The van der Waals surface area contributed by atoms with Crippen LogP contribution in [0.2, 0.25) is 0 Å². The number of carbonyl (C=O) groups excluding carboxylic acids is 1. The van der Waals surface area contributed by atoms with Crippen LogP contribution in [-0.2, 0) is 9.32 Å². The van der Waals surface area contributed by atoms with Gasteiger partial charge in [0, 0.05) is 9.47 Å². The SMILES string of the molecule is CC(C=O)OP. The van der Waals surface area contributed by atoms with Crippen LogP contribution in [0.1, 0.15) is 6.92 Å². The Morgan fingerprint density at radius 2 is 2.50 bits per heavy atom. The lowest BCUT2D eigenvalue weighted by atomic mass is 10.5. The van der Waals surface area contributed by atoms with Crippen LogP contribution in [0, 0.1) is 0 Å². The Kier molecular flexibility index (Phi) is 3.29. The predicted octanol–water partition coefficient (Wildman–Crippen LogP) is 0.380. The third kappa shape index (κ3) is 2.31. The molecule has 0 bridgehead atoms. The van der Waals surface area contributed by atoms with Gasteiger partial charge in [-0.05, 0) is 6.92 Å². The molecule has 0 aliphatic carbocycles. The van der Waals surface area contributed by atoms with E-state index in [0.29, 0.717) is 0 Å². The maximum Gasteiger partial charge on any atom is 0.148 e. The molecule has 0 aliphatic rings. The van der Waals surface area contributed by atoms with E-state index in [9.17, 15) is 4.79 Å². The first-order valence-corrected chi connectivity index (χ1v) is 2.09. The summed E-state index contributed by atoms with van der Waals surface area (Å²) in [5.74, 6) is 0. The van der Waals surface area contributed by atoms with Gasteiger partial charge in [-0.15, -0.1) is 0 Å². The van der Waals surface area contributed by atoms with E-state index in [0.717, 1.165) is 6.29 Å². The molecule has 0 fully saturated rings. The zero-order valence-corrected chi connectivity index (χ0v) is 4.70. The minimum absolute atomic E-state index is 0.282. The van der Waals surface area contributed by atoms with Gasteiger partial charge in [0.05, 0.1) is 0 Å². The van der Waals surface area contributed by atoms with Gasteiger partial charge in [-0.1, -0.05) is 0 Å². The van der Waals surface area contributed by atoms with Crippen LogP contribution in [0.4, 0.5) is 0 Å². The van der Waals surface area contributed by atoms with E-state index in [1.807, 2.05) is 9.47 Å². The maximum atomic E-state index is 9.60. The molecule has 0 aromatic rings. The number of hydrogen-bond acceptors (Lipinski definition) is 2. The Bertz CT molecular complexity index is 46.1. The van der Waals surface area contributed by atoms with Crippen LogP contribution in [0.3, 0.4) is 0 Å².